The summed E-state index contributed by atoms with van der Waals surface area (Å²) in [5, 5.41) is 22.1. The minimum absolute atomic E-state index is 0.174. The van der Waals surface area contributed by atoms with Crippen LogP contribution in [0.2, 0.25) is 0 Å². The highest BCUT2D eigenvalue weighted by atomic mass is 16.3. The third kappa shape index (κ3) is 3.26. The maximum atomic E-state index is 12.3. The van der Waals surface area contributed by atoms with Gasteiger partial charge in [-0.25, -0.2) is 4.79 Å². The minimum atomic E-state index is -0.576. The van der Waals surface area contributed by atoms with Gasteiger partial charge in [-0.3, -0.25) is 4.98 Å². The molecule has 6 nitrogen and oxygen atoms in total. The zero-order valence-corrected chi connectivity index (χ0v) is 14.7. The lowest BCUT2D eigenvalue weighted by Gasteiger charge is -2.51. The molecule has 3 atom stereocenters. The summed E-state index contributed by atoms with van der Waals surface area (Å²) in [4.78, 5) is 17.9. The van der Waals surface area contributed by atoms with Crippen molar-refractivity contribution in [2.24, 2.45) is 0 Å². The first-order valence-corrected chi connectivity index (χ1v) is 8.78. The number of amides is 2. The van der Waals surface area contributed by atoms with Gasteiger partial charge in [0.2, 0.25) is 0 Å². The molecule has 1 fully saturated rings. The maximum Gasteiger partial charge on any atom is 0.318 e. The van der Waals surface area contributed by atoms with Crippen LogP contribution in [0.3, 0.4) is 0 Å². The van der Waals surface area contributed by atoms with Crippen LogP contribution in [0.4, 0.5) is 4.79 Å². The Hall–Kier alpha value is -2.91. The Labute approximate surface area is 153 Å². The van der Waals surface area contributed by atoms with Gasteiger partial charge in [-0.15, -0.1) is 0 Å². The van der Waals surface area contributed by atoms with E-state index in [9.17, 15) is 15.2 Å². The van der Waals surface area contributed by atoms with E-state index in [1.54, 1.807) is 12.4 Å². The molecule has 0 spiro atoms. The second-order valence-electron chi connectivity index (χ2n) is 6.35. The summed E-state index contributed by atoms with van der Waals surface area (Å²) < 4.78 is 0. The van der Waals surface area contributed by atoms with E-state index < -0.39 is 6.04 Å². The average Bonchev–Trinajstić information content (AvgIpc) is 2.67. The highest BCUT2D eigenvalue weighted by molar-refractivity contribution is 5.77. The van der Waals surface area contributed by atoms with E-state index in [0.29, 0.717) is 6.54 Å². The fraction of sp³-hybridized carbons (Fsp3) is 0.350. The van der Waals surface area contributed by atoms with Crippen molar-refractivity contribution in [3.63, 3.8) is 0 Å². The molecule has 0 saturated carbocycles. The summed E-state index contributed by atoms with van der Waals surface area (Å²) in [7, 11) is 0. The second-order valence-corrected chi connectivity index (χ2v) is 6.35. The number of aliphatic hydroxyl groups is 1. The number of nitrogens with one attached hydrogen (secondary N) is 1. The number of nitrogens with zero attached hydrogens (tertiary/aromatic N) is 3. The van der Waals surface area contributed by atoms with E-state index in [1.807, 2.05) is 43.3 Å². The quantitative estimate of drug-likeness (QED) is 0.867. The molecule has 1 aromatic heterocycles. The van der Waals surface area contributed by atoms with Crippen molar-refractivity contribution in [3.8, 4) is 17.2 Å². The second kappa shape index (κ2) is 7.98. The van der Waals surface area contributed by atoms with Gasteiger partial charge in [0.1, 0.15) is 6.04 Å². The monoisotopic (exact) mass is 350 g/mol. The summed E-state index contributed by atoms with van der Waals surface area (Å²) >= 11 is 0. The van der Waals surface area contributed by atoms with E-state index in [-0.39, 0.29) is 24.6 Å². The number of carbonyl (C=O) groups excluding carboxylic acids is 1. The molecule has 6 heteroatoms. The number of carbonyl (C=O) groups is 1. The van der Waals surface area contributed by atoms with Gasteiger partial charge in [0.15, 0.2) is 0 Å². The number of likely N-dealkylation sites (tertiary alicyclic amines) is 1. The van der Waals surface area contributed by atoms with Gasteiger partial charge in [-0.2, -0.15) is 5.26 Å². The summed E-state index contributed by atoms with van der Waals surface area (Å²) in [6.45, 7) is 2.34. The van der Waals surface area contributed by atoms with Crippen molar-refractivity contribution >= 4 is 6.03 Å². The molecule has 2 heterocycles. The number of aliphatic hydroxyl groups excluding tert-OH is 1. The molecular formula is C20H22N4O2. The van der Waals surface area contributed by atoms with Crippen LogP contribution in [0.1, 0.15) is 24.8 Å². The number of rotatable bonds is 5. The largest absolute Gasteiger partial charge is 0.394 e. The van der Waals surface area contributed by atoms with Crippen LogP contribution in [-0.4, -0.2) is 46.3 Å². The van der Waals surface area contributed by atoms with Crippen molar-refractivity contribution in [1.82, 2.24) is 15.2 Å². The molecule has 2 N–H and O–H groups in total. The van der Waals surface area contributed by atoms with Crippen LogP contribution in [0.25, 0.3) is 11.1 Å². The Bertz CT molecular complexity index is 786. The van der Waals surface area contributed by atoms with Crippen LogP contribution < -0.4 is 5.32 Å². The number of urea groups is 1. The van der Waals surface area contributed by atoms with E-state index in [1.165, 1.54) is 4.90 Å². The molecule has 1 saturated heterocycles. The molecule has 2 aromatic rings. The minimum Gasteiger partial charge on any atom is -0.394 e. The standard InChI is InChI=1S/C20H22N4O2/c1-2-9-23-20(26)24-17(11-21)19(18(24)13-25)15-7-5-14(6-8-15)16-4-3-10-22-12-16/h3-8,10,12,17-19,25H,2,9,13H2,1H3,(H,23,26)/t17-,18-,19+/m0/s1. The first-order valence-electron chi connectivity index (χ1n) is 8.78. The normalized spacial score (nSPS) is 21.6. The number of nitriles is 1. The molecular weight excluding hydrogens is 328 g/mol. The maximum absolute atomic E-state index is 12.3. The Balaban J connectivity index is 1.80. The topological polar surface area (TPSA) is 89.3 Å². The number of hydrogen-bond donors (Lipinski definition) is 2. The highest BCUT2D eigenvalue weighted by Gasteiger charge is 2.51. The molecule has 26 heavy (non-hydrogen) atoms. The van der Waals surface area contributed by atoms with Crippen LogP contribution in [0, 0.1) is 11.3 Å². The summed E-state index contributed by atoms with van der Waals surface area (Å²) in [6, 6.07) is 12.7. The van der Waals surface area contributed by atoms with Gasteiger partial charge in [0.25, 0.3) is 0 Å². The number of benzene rings is 1. The molecule has 1 aliphatic heterocycles. The van der Waals surface area contributed by atoms with E-state index >= 15 is 0 Å². The molecule has 1 aliphatic rings. The average molecular weight is 350 g/mol. The van der Waals surface area contributed by atoms with Crippen LogP contribution in [-0.2, 0) is 0 Å². The lowest BCUT2D eigenvalue weighted by atomic mass is 9.76. The first-order chi connectivity index (χ1) is 12.7. The predicted molar refractivity (Wildman–Crippen MR) is 98.2 cm³/mol. The van der Waals surface area contributed by atoms with Gasteiger partial charge in [-0.05, 0) is 29.2 Å². The van der Waals surface area contributed by atoms with Crippen molar-refractivity contribution < 1.29 is 9.90 Å². The zero-order valence-electron chi connectivity index (χ0n) is 14.7. The fourth-order valence-corrected chi connectivity index (χ4v) is 3.44. The molecule has 2 amide bonds. The third-order valence-electron chi connectivity index (χ3n) is 4.78. The van der Waals surface area contributed by atoms with Crippen LogP contribution >= 0.6 is 0 Å². The Kier molecular flexibility index (Phi) is 5.49. The molecule has 0 unspecified atom stereocenters. The van der Waals surface area contributed by atoms with Gasteiger partial charge < -0.3 is 15.3 Å². The Morgan fingerprint density at radius 3 is 2.65 bits per heavy atom. The van der Waals surface area contributed by atoms with Crippen molar-refractivity contribution in [2.75, 3.05) is 13.2 Å². The van der Waals surface area contributed by atoms with E-state index in [2.05, 4.69) is 16.4 Å². The van der Waals surface area contributed by atoms with E-state index in [4.69, 9.17) is 0 Å². The number of pyridine rings is 1. The fourth-order valence-electron chi connectivity index (χ4n) is 3.44. The van der Waals surface area contributed by atoms with Gasteiger partial charge in [-0.1, -0.05) is 37.3 Å². The molecule has 0 bridgehead atoms. The van der Waals surface area contributed by atoms with Crippen molar-refractivity contribution in [2.45, 2.75) is 31.3 Å². The smallest absolute Gasteiger partial charge is 0.318 e. The third-order valence-corrected chi connectivity index (χ3v) is 4.78. The van der Waals surface area contributed by atoms with Crippen molar-refractivity contribution in [1.29, 1.82) is 5.26 Å². The van der Waals surface area contributed by atoms with Gasteiger partial charge in [0, 0.05) is 24.9 Å². The highest BCUT2D eigenvalue weighted by Crippen LogP contribution is 2.40. The lowest BCUT2D eigenvalue weighted by Crippen LogP contribution is -2.67. The predicted octanol–water partition coefficient (Wildman–Crippen LogP) is 2.52. The zero-order chi connectivity index (χ0) is 18.5. The number of hydrogen-bond acceptors (Lipinski definition) is 4. The number of aromatic nitrogens is 1. The SMILES string of the molecule is CCCNC(=O)N1[C@@H](C#N)[C@@H](c2ccc(-c3cccnc3)cc2)[C@@H]1CO. The lowest BCUT2D eigenvalue weighted by molar-refractivity contribution is 0.0169. The van der Waals surface area contributed by atoms with Crippen LogP contribution in [0.15, 0.2) is 48.8 Å². The van der Waals surface area contributed by atoms with E-state index in [0.717, 1.165) is 23.1 Å². The van der Waals surface area contributed by atoms with Crippen LogP contribution in [0.5, 0.6) is 0 Å². The Morgan fingerprint density at radius 2 is 2.08 bits per heavy atom. The van der Waals surface area contributed by atoms with Gasteiger partial charge >= 0.3 is 6.03 Å². The summed E-state index contributed by atoms with van der Waals surface area (Å²) in [5.74, 6) is -0.194. The van der Waals surface area contributed by atoms with Gasteiger partial charge in [0.05, 0.1) is 18.7 Å². The molecule has 0 aliphatic carbocycles. The summed E-state index contributed by atoms with van der Waals surface area (Å²) in [6.07, 6.45) is 4.35. The molecule has 134 valence electrons. The summed E-state index contributed by atoms with van der Waals surface area (Å²) in [5.41, 5.74) is 3.00. The molecule has 3 rings (SSSR count). The first kappa shape index (κ1) is 17.9. The Morgan fingerprint density at radius 1 is 1.31 bits per heavy atom. The van der Waals surface area contributed by atoms with Crippen molar-refractivity contribution in [3.05, 3.63) is 54.4 Å². The molecule has 0 radical (unpaired) electrons. The molecule has 1 aromatic carbocycles.